The van der Waals surface area contributed by atoms with Crippen LogP contribution < -0.4 is 10.1 Å². The van der Waals surface area contributed by atoms with E-state index in [1.807, 2.05) is 51.1 Å². The number of benzene rings is 2. The van der Waals surface area contributed by atoms with Crippen molar-refractivity contribution < 1.29 is 27.5 Å². The molecule has 1 amide bonds. The number of amides is 1. The number of para-hydroxylation sites is 1. The van der Waals surface area contributed by atoms with Gasteiger partial charge in [0.15, 0.2) is 0 Å². The van der Waals surface area contributed by atoms with Crippen molar-refractivity contribution in [2.24, 2.45) is 16.0 Å². The van der Waals surface area contributed by atoms with Gasteiger partial charge in [0.25, 0.3) is 5.91 Å². The molecule has 232 valence electrons. The van der Waals surface area contributed by atoms with Crippen LogP contribution in [0.3, 0.4) is 0 Å². The number of allylic oxidation sites excluding steroid dienone is 3. The highest BCUT2D eigenvalue weighted by Crippen LogP contribution is 2.36. The van der Waals surface area contributed by atoms with Gasteiger partial charge in [-0.1, -0.05) is 44.2 Å². The number of nitrogens with zero attached hydrogens (tertiary/aromatic N) is 3. The average Bonchev–Trinajstić information content (AvgIpc) is 3.82. The van der Waals surface area contributed by atoms with Gasteiger partial charge in [0, 0.05) is 30.1 Å². The second kappa shape index (κ2) is 12.8. The van der Waals surface area contributed by atoms with Gasteiger partial charge in [0.2, 0.25) is 5.78 Å². The Morgan fingerprint density at radius 2 is 1.91 bits per heavy atom. The van der Waals surface area contributed by atoms with Crippen LogP contribution in [-0.2, 0) is 6.42 Å². The number of aryl methyl sites for hydroxylation is 2. The smallest absolute Gasteiger partial charge is 0.390 e. The summed E-state index contributed by atoms with van der Waals surface area (Å²) in [6, 6.07) is 11.1. The highest BCUT2D eigenvalue weighted by molar-refractivity contribution is 6.50. The van der Waals surface area contributed by atoms with Crippen LogP contribution >= 0.6 is 0 Å². The number of ketones is 1. The van der Waals surface area contributed by atoms with Crippen molar-refractivity contribution in [3.8, 4) is 5.75 Å². The molecule has 0 bridgehead atoms. The van der Waals surface area contributed by atoms with Gasteiger partial charge in [-0.25, -0.2) is 5.01 Å². The third-order valence-corrected chi connectivity index (χ3v) is 8.00. The van der Waals surface area contributed by atoms with Crippen molar-refractivity contribution in [2.75, 3.05) is 13.7 Å². The van der Waals surface area contributed by atoms with Gasteiger partial charge in [0.1, 0.15) is 11.5 Å². The van der Waals surface area contributed by atoms with Crippen LogP contribution in [0.5, 0.6) is 5.75 Å². The van der Waals surface area contributed by atoms with E-state index in [1.54, 1.807) is 23.2 Å². The van der Waals surface area contributed by atoms with Crippen molar-refractivity contribution in [1.82, 2.24) is 10.3 Å². The Morgan fingerprint density at radius 1 is 1.14 bits per heavy atom. The van der Waals surface area contributed by atoms with Gasteiger partial charge in [-0.3, -0.25) is 14.6 Å². The lowest BCUT2D eigenvalue weighted by Gasteiger charge is -2.31. The number of rotatable bonds is 9. The molecule has 2 aromatic rings. The lowest BCUT2D eigenvalue weighted by Crippen LogP contribution is -2.34. The maximum atomic E-state index is 14.0. The molecule has 1 atom stereocenters. The Morgan fingerprint density at radius 3 is 2.57 bits per heavy atom. The quantitative estimate of drug-likeness (QED) is 0.310. The van der Waals surface area contributed by atoms with Crippen molar-refractivity contribution in [3.63, 3.8) is 0 Å². The number of halogens is 3. The fourth-order valence-corrected chi connectivity index (χ4v) is 5.48. The molecule has 0 saturated heterocycles. The average molecular weight is 607 g/mol. The Hall–Kier alpha value is -4.21. The number of alkyl halides is 3. The van der Waals surface area contributed by atoms with Crippen LogP contribution in [0.4, 0.5) is 13.2 Å². The number of hydrogen-bond acceptors (Lipinski definition) is 6. The molecular formula is C34H37F3N4O3. The normalized spacial score (nSPS) is 19.4. The molecule has 1 unspecified atom stereocenters. The fourth-order valence-electron chi connectivity index (χ4n) is 5.48. The number of fused-ring (bicyclic) bond motifs is 1. The molecule has 1 N–H and O–H groups in total. The Balaban J connectivity index is 1.59. The molecule has 2 aromatic carbocycles. The highest BCUT2D eigenvalue weighted by atomic mass is 19.4. The van der Waals surface area contributed by atoms with E-state index in [0.717, 1.165) is 29.5 Å². The van der Waals surface area contributed by atoms with Crippen LogP contribution in [0.25, 0.3) is 5.70 Å². The first-order valence-electron chi connectivity index (χ1n) is 15.0. The molecule has 1 saturated carbocycles. The molecule has 5 rings (SSSR count). The summed E-state index contributed by atoms with van der Waals surface area (Å²) in [4.78, 5) is 31.2. The number of hydrogen-bond donors (Lipinski definition) is 1. The van der Waals surface area contributed by atoms with E-state index in [9.17, 15) is 22.8 Å². The number of nitrogens with one attached hydrogen (secondary N) is 1. The summed E-state index contributed by atoms with van der Waals surface area (Å²) in [5, 5.41) is 9.48. The molecule has 1 aliphatic carbocycles. The van der Waals surface area contributed by atoms with Crippen molar-refractivity contribution in [3.05, 3.63) is 82.1 Å². The minimum absolute atomic E-state index is 0.0144. The lowest BCUT2D eigenvalue weighted by atomic mass is 9.96. The summed E-state index contributed by atoms with van der Waals surface area (Å²) in [5.74, 6) is 0.0232. The maximum absolute atomic E-state index is 14.0. The molecule has 0 spiro atoms. The third kappa shape index (κ3) is 6.95. The van der Waals surface area contributed by atoms with Gasteiger partial charge in [-0.2, -0.15) is 18.3 Å². The molecule has 3 aliphatic rings. The molecule has 7 nitrogen and oxygen atoms in total. The number of carbonyl (C=O) groups is 2. The lowest BCUT2D eigenvalue weighted by molar-refractivity contribution is -0.132. The molecule has 2 aliphatic heterocycles. The van der Waals surface area contributed by atoms with Crippen LogP contribution in [0.1, 0.15) is 83.4 Å². The monoisotopic (exact) mass is 606 g/mol. The van der Waals surface area contributed by atoms with E-state index in [1.165, 1.54) is 7.11 Å². The first-order valence-corrected chi connectivity index (χ1v) is 15.0. The Bertz CT molecular complexity index is 1580. The standard InChI is InChI=1S/C34H37F3N4O3/c1-5-22-7-6-8-26(32(22)44-4)31(42)28-19-27(38-16-15-34(35,36)37)29-14-9-20(2)17-30(41(29)40-28)23-10-13-25(21(3)18-23)33(43)39-24-11-12-24/h6-8,10,13-14,17-18,20,24H,5,9,11-12,15-16,19H2,1-4H3,(H,39,43). The van der Waals surface area contributed by atoms with Crippen LogP contribution in [0.2, 0.25) is 0 Å². The summed E-state index contributed by atoms with van der Waals surface area (Å²) >= 11 is 0. The molecule has 0 radical (unpaired) electrons. The molecular weight excluding hydrogens is 569 g/mol. The molecule has 0 aromatic heterocycles. The molecule has 10 heteroatoms. The first-order chi connectivity index (χ1) is 21.0. The number of hydrazone groups is 1. The summed E-state index contributed by atoms with van der Waals surface area (Å²) in [6.07, 6.45) is 1.74. The summed E-state index contributed by atoms with van der Waals surface area (Å²) in [5.41, 5.74) is 5.07. The van der Waals surface area contributed by atoms with Gasteiger partial charge < -0.3 is 10.1 Å². The van der Waals surface area contributed by atoms with Crippen LogP contribution in [0, 0.1) is 12.8 Å². The number of Topliss-reactive ketones (excluding diaryl/α,β-unsaturated/α-hetero) is 1. The predicted molar refractivity (Wildman–Crippen MR) is 165 cm³/mol. The molecule has 1 fully saturated rings. The summed E-state index contributed by atoms with van der Waals surface area (Å²) in [6.45, 7) is 5.41. The number of aliphatic imine (C=N–C) groups is 1. The Labute approximate surface area is 255 Å². The second-order valence-corrected chi connectivity index (χ2v) is 11.5. The topological polar surface area (TPSA) is 83.4 Å². The van der Waals surface area contributed by atoms with E-state index in [2.05, 4.69) is 10.3 Å². The van der Waals surface area contributed by atoms with E-state index in [0.29, 0.717) is 46.8 Å². The van der Waals surface area contributed by atoms with Crippen LogP contribution in [-0.4, -0.2) is 54.0 Å². The highest BCUT2D eigenvalue weighted by Gasteiger charge is 2.34. The van der Waals surface area contributed by atoms with Gasteiger partial charge >= 0.3 is 6.18 Å². The number of carbonyl (C=O) groups excluding carboxylic acids is 2. The summed E-state index contributed by atoms with van der Waals surface area (Å²) < 4.78 is 44.9. The maximum Gasteiger partial charge on any atom is 0.390 e. The Kier molecular flexibility index (Phi) is 9.08. The SMILES string of the molecule is CCc1cccc(C(=O)C2=NN3C(=CCC(C)C=C3c3ccc(C(=O)NC4CC4)c(C)c3)C(=NCCC(F)(F)F)C2)c1OC. The minimum Gasteiger partial charge on any atom is -0.496 e. The van der Waals surface area contributed by atoms with E-state index >= 15 is 0 Å². The number of methoxy groups -OCH3 is 1. The zero-order valence-corrected chi connectivity index (χ0v) is 25.4. The molecule has 2 heterocycles. The zero-order valence-electron chi connectivity index (χ0n) is 25.4. The van der Waals surface area contributed by atoms with E-state index < -0.39 is 19.1 Å². The van der Waals surface area contributed by atoms with E-state index in [4.69, 9.17) is 9.84 Å². The van der Waals surface area contributed by atoms with Crippen LogP contribution in [0.15, 0.2) is 64.3 Å². The first kappa shape index (κ1) is 31.2. The summed E-state index contributed by atoms with van der Waals surface area (Å²) in [7, 11) is 1.51. The van der Waals surface area contributed by atoms with Crippen molar-refractivity contribution >= 4 is 28.8 Å². The fraction of sp³-hybridized carbons (Fsp3) is 0.412. The van der Waals surface area contributed by atoms with Crippen molar-refractivity contribution in [2.45, 2.75) is 71.5 Å². The van der Waals surface area contributed by atoms with Gasteiger partial charge in [-0.05, 0) is 67.9 Å². The van der Waals surface area contributed by atoms with Crippen molar-refractivity contribution in [1.29, 1.82) is 0 Å². The molecule has 44 heavy (non-hydrogen) atoms. The van der Waals surface area contributed by atoms with E-state index in [-0.39, 0.29) is 35.8 Å². The third-order valence-electron chi connectivity index (χ3n) is 8.00. The largest absolute Gasteiger partial charge is 0.496 e. The zero-order chi connectivity index (χ0) is 31.6. The minimum atomic E-state index is -4.36. The van der Waals surface area contributed by atoms with Gasteiger partial charge in [-0.15, -0.1) is 0 Å². The van der Waals surface area contributed by atoms with Gasteiger partial charge in [0.05, 0.1) is 36.2 Å². The number of ether oxygens (including phenoxy) is 1. The predicted octanol–water partition coefficient (Wildman–Crippen LogP) is 7.06. The second-order valence-electron chi connectivity index (χ2n) is 11.5.